The van der Waals surface area contributed by atoms with Crippen LogP contribution in [0.5, 0.6) is 0 Å². The molecule has 7 heteroatoms. The number of aromatic nitrogens is 2. The molecule has 0 bridgehead atoms. The van der Waals surface area contributed by atoms with Crippen molar-refractivity contribution in [3.05, 3.63) is 16.0 Å². The molecule has 0 unspecified atom stereocenters. The summed E-state index contributed by atoms with van der Waals surface area (Å²) in [5.74, 6) is 2.34. The molecule has 0 aliphatic heterocycles. The molecular weight excluding hydrogens is 391 g/mol. The highest BCUT2D eigenvalue weighted by atomic mass is 127. The molecule has 2 N–H and O–H groups in total. The van der Waals surface area contributed by atoms with E-state index in [9.17, 15) is 0 Å². The molecule has 1 aliphatic carbocycles. The van der Waals surface area contributed by atoms with Crippen molar-refractivity contribution in [3.8, 4) is 0 Å². The third-order valence-electron chi connectivity index (χ3n) is 2.18. The lowest BCUT2D eigenvalue weighted by molar-refractivity contribution is 0.895. The Morgan fingerprint density at radius 2 is 2.20 bits per heavy atom. The molecule has 1 heterocycles. The van der Waals surface area contributed by atoms with Gasteiger partial charge >= 0.3 is 0 Å². The van der Waals surface area contributed by atoms with Gasteiger partial charge in [0, 0.05) is 36.2 Å². The highest BCUT2D eigenvalue weighted by molar-refractivity contribution is 14.2. The van der Waals surface area contributed by atoms with E-state index in [1.165, 1.54) is 22.0 Å². The molecule has 0 atom stereocenters. The van der Waals surface area contributed by atoms with Crippen LogP contribution < -0.4 is 10.3 Å². The standard InChI is InChI=1S/C8H10BrIN4S/c1-4-6(9)8(13-14-15-10)12-7(11-4)5-2-3-5/h5,14H,2-3H2,1H3,(H,11,12,13). The first-order valence-electron chi connectivity index (χ1n) is 4.55. The van der Waals surface area contributed by atoms with Crippen molar-refractivity contribution in [3.63, 3.8) is 0 Å². The Kier molecular flexibility index (Phi) is 4.08. The zero-order valence-corrected chi connectivity index (χ0v) is 12.6. The largest absolute Gasteiger partial charge is 0.294 e. The number of aryl methyl sites for hydroxylation is 1. The molecule has 15 heavy (non-hydrogen) atoms. The van der Waals surface area contributed by atoms with E-state index in [0.717, 1.165) is 21.8 Å². The van der Waals surface area contributed by atoms with Crippen LogP contribution in [0.3, 0.4) is 0 Å². The molecule has 0 saturated heterocycles. The van der Waals surface area contributed by atoms with Gasteiger partial charge in [-0.05, 0) is 35.7 Å². The van der Waals surface area contributed by atoms with E-state index in [-0.39, 0.29) is 0 Å². The van der Waals surface area contributed by atoms with E-state index in [0.29, 0.717) is 5.92 Å². The second-order valence-corrected chi connectivity index (χ2v) is 5.88. The Morgan fingerprint density at radius 1 is 1.47 bits per heavy atom. The number of hydrogen-bond acceptors (Lipinski definition) is 5. The first-order valence-corrected chi connectivity index (χ1v) is 8.70. The van der Waals surface area contributed by atoms with Gasteiger partial charge in [0.1, 0.15) is 5.82 Å². The van der Waals surface area contributed by atoms with Gasteiger partial charge in [0.05, 0.1) is 10.2 Å². The second-order valence-electron chi connectivity index (χ2n) is 3.41. The molecule has 1 aromatic heterocycles. The number of rotatable bonds is 4. The van der Waals surface area contributed by atoms with Gasteiger partial charge in [0.25, 0.3) is 0 Å². The van der Waals surface area contributed by atoms with Crippen LogP contribution in [0.4, 0.5) is 5.82 Å². The smallest absolute Gasteiger partial charge is 0.159 e. The summed E-state index contributed by atoms with van der Waals surface area (Å²) in [6, 6.07) is 0. The summed E-state index contributed by atoms with van der Waals surface area (Å²) >= 11 is 5.63. The Morgan fingerprint density at radius 3 is 2.80 bits per heavy atom. The first-order chi connectivity index (χ1) is 7.22. The second kappa shape index (κ2) is 5.15. The van der Waals surface area contributed by atoms with Gasteiger partial charge in [-0.1, -0.05) is 0 Å². The Labute approximate surface area is 113 Å². The van der Waals surface area contributed by atoms with Gasteiger partial charge in [-0.2, -0.15) is 4.83 Å². The van der Waals surface area contributed by atoms with E-state index < -0.39 is 0 Å². The maximum atomic E-state index is 4.48. The fourth-order valence-electron chi connectivity index (χ4n) is 1.26. The summed E-state index contributed by atoms with van der Waals surface area (Å²) in [5.41, 5.74) is 4.02. The van der Waals surface area contributed by atoms with Crippen LogP contribution in [0.1, 0.15) is 30.3 Å². The quantitative estimate of drug-likeness (QED) is 0.461. The SMILES string of the molecule is Cc1nc(C2CC2)nc(NNSI)c1Br. The minimum absolute atomic E-state index is 0.574. The van der Waals surface area contributed by atoms with Crippen molar-refractivity contribution in [2.24, 2.45) is 0 Å². The summed E-state index contributed by atoms with van der Waals surface area (Å²) in [6.07, 6.45) is 2.43. The summed E-state index contributed by atoms with van der Waals surface area (Å²) in [7, 11) is 1.47. The molecule has 0 spiro atoms. The van der Waals surface area contributed by atoms with Crippen LogP contribution in [-0.2, 0) is 0 Å². The number of anilines is 1. The van der Waals surface area contributed by atoms with Crippen LogP contribution >= 0.6 is 46.3 Å². The van der Waals surface area contributed by atoms with Crippen LogP contribution in [0.15, 0.2) is 4.47 Å². The molecule has 0 amide bonds. The van der Waals surface area contributed by atoms with Crippen molar-refractivity contribution >= 4 is 52.1 Å². The lowest BCUT2D eigenvalue weighted by atomic mass is 10.3. The molecule has 1 fully saturated rings. The summed E-state index contributed by atoms with van der Waals surface area (Å²) in [6.45, 7) is 1.99. The van der Waals surface area contributed by atoms with Crippen molar-refractivity contribution in [1.82, 2.24) is 14.8 Å². The molecule has 1 aromatic rings. The Balaban J connectivity index is 2.25. The molecule has 2 rings (SSSR count). The predicted molar refractivity (Wildman–Crippen MR) is 74.8 cm³/mol. The van der Waals surface area contributed by atoms with Crippen molar-refractivity contribution < 1.29 is 0 Å². The zero-order chi connectivity index (χ0) is 10.8. The van der Waals surface area contributed by atoms with Gasteiger partial charge in [-0.15, -0.1) is 0 Å². The number of hydrogen-bond donors (Lipinski definition) is 2. The third kappa shape index (κ3) is 2.95. The maximum Gasteiger partial charge on any atom is 0.159 e. The van der Waals surface area contributed by atoms with Gasteiger partial charge in [0.2, 0.25) is 0 Å². The fourth-order valence-corrected chi connectivity index (χ4v) is 2.00. The van der Waals surface area contributed by atoms with Gasteiger partial charge < -0.3 is 0 Å². The van der Waals surface area contributed by atoms with Gasteiger partial charge in [-0.3, -0.25) is 5.43 Å². The lowest BCUT2D eigenvalue weighted by Crippen LogP contribution is -2.14. The van der Waals surface area contributed by atoms with E-state index in [1.54, 1.807) is 0 Å². The van der Waals surface area contributed by atoms with Crippen LogP contribution in [0.25, 0.3) is 0 Å². The molecular formula is C8H10BrIN4S. The average molecular weight is 401 g/mol. The molecule has 1 saturated carbocycles. The number of halogens is 2. The number of hydrazine groups is 1. The number of nitrogens with one attached hydrogen (secondary N) is 2. The van der Waals surface area contributed by atoms with E-state index in [1.807, 2.05) is 6.92 Å². The van der Waals surface area contributed by atoms with E-state index in [2.05, 4.69) is 57.4 Å². The van der Waals surface area contributed by atoms with Gasteiger partial charge in [0.15, 0.2) is 5.82 Å². The van der Waals surface area contributed by atoms with Crippen LogP contribution in [0, 0.1) is 6.92 Å². The molecule has 0 aromatic carbocycles. The first kappa shape index (κ1) is 11.9. The van der Waals surface area contributed by atoms with Crippen molar-refractivity contribution in [2.45, 2.75) is 25.7 Å². The molecule has 0 radical (unpaired) electrons. The summed E-state index contributed by atoms with van der Waals surface area (Å²) in [4.78, 5) is 11.9. The molecule has 4 nitrogen and oxygen atoms in total. The number of nitrogens with zero attached hydrogens (tertiary/aromatic N) is 2. The monoisotopic (exact) mass is 400 g/mol. The topological polar surface area (TPSA) is 49.8 Å². The molecule has 82 valence electrons. The van der Waals surface area contributed by atoms with Crippen LogP contribution in [0.2, 0.25) is 0 Å². The van der Waals surface area contributed by atoms with Crippen LogP contribution in [-0.4, -0.2) is 9.97 Å². The van der Waals surface area contributed by atoms with Gasteiger partial charge in [-0.25, -0.2) is 9.97 Å². The Bertz CT molecular complexity index is 372. The zero-order valence-electron chi connectivity index (χ0n) is 8.05. The summed E-state index contributed by atoms with van der Waals surface area (Å²) in [5, 5.41) is 0. The summed E-state index contributed by atoms with van der Waals surface area (Å²) < 4.78 is 0.921. The normalized spacial score (nSPS) is 15.4. The van der Waals surface area contributed by atoms with Crippen molar-refractivity contribution in [1.29, 1.82) is 0 Å². The predicted octanol–water partition coefficient (Wildman–Crippen LogP) is 3.34. The third-order valence-corrected chi connectivity index (χ3v) is 3.97. The average Bonchev–Trinajstić information content (AvgIpc) is 3.03. The molecule has 1 aliphatic rings. The lowest BCUT2D eigenvalue weighted by Gasteiger charge is -2.09. The highest BCUT2D eigenvalue weighted by Crippen LogP contribution is 2.39. The highest BCUT2D eigenvalue weighted by Gasteiger charge is 2.27. The minimum Gasteiger partial charge on any atom is -0.294 e. The van der Waals surface area contributed by atoms with E-state index in [4.69, 9.17) is 0 Å². The maximum absolute atomic E-state index is 4.48. The minimum atomic E-state index is 0.574. The van der Waals surface area contributed by atoms with Crippen molar-refractivity contribution in [2.75, 3.05) is 5.43 Å². The van der Waals surface area contributed by atoms with E-state index >= 15 is 0 Å². The fraction of sp³-hybridized carbons (Fsp3) is 0.500. The Hall–Kier alpha value is 0.400.